The molecule has 6 heteroatoms. The van der Waals surface area contributed by atoms with E-state index in [9.17, 15) is 9.59 Å². The Kier molecular flexibility index (Phi) is 3.79. The number of rotatable bonds is 4. The van der Waals surface area contributed by atoms with Crippen molar-refractivity contribution >= 4 is 23.7 Å². The number of pyridine rings is 1. The number of hydrogen-bond donors (Lipinski definition) is 2. The fourth-order valence-electron chi connectivity index (χ4n) is 2.98. The Hall–Kier alpha value is -2.08. The minimum absolute atomic E-state index is 0.0435. The molecular weight excluding hydrogens is 268 g/mol. The number of nitrogens with one attached hydrogen (secondary N) is 2. The van der Waals surface area contributed by atoms with Crippen molar-refractivity contribution in [3.8, 4) is 0 Å². The van der Waals surface area contributed by atoms with E-state index in [1.54, 1.807) is 13.3 Å². The average Bonchev–Trinajstić information content (AvgIpc) is 3.17. The molecule has 2 aliphatic heterocycles. The summed E-state index contributed by atoms with van der Waals surface area (Å²) in [6.07, 6.45) is 4.84. The number of hydrogen-bond acceptors (Lipinski definition) is 5. The van der Waals surface area contributed by atoms with Crippen LogP contribution in [0, 0.1) is 11.8 Å². The van der Waals surface area contributed by atoms with Gasteiger partial charge in [0.25, 0.3) is 0 Å². The number of aliphatic imine (C=N–C) groups is 1. The van der Waals surface area contributed by atoms with Crippen LogP contribution in [0.4, 0.5) is 5.82 Å². The van der Waals surface area contributed by atoms with Gasteiger partial charge in [-0.3, -0.25) is 9.59 Å². The number of carbonyl (C=O) groups is 2. The van der Waals surface area contributed by atoms with E-state index in [0.717, 1.165) is 18.5 Å². The van der Waals surface area contributed by atoms with Crippen LogP contribution in [0.5, 0.6) is 0 Å². The monoisotopic (exact) mass is 286 g/mol. The molecule has 110 valence electrons. The zero-order chi connectivity index (χ0) is 14.8. The van der Waals surface area contributed by atoms with Crippen molar-refractivity contribution in [1.82, 2.24) is 15.6 Å². The zero-order valence-corrected chi connectivity index (χ0v) is 11.9. The maximum absolute atomic E-state index is 12.8. The van der Waals surface area contributed by atoms with Crippen molar-refractivity contribution in [3.05, 3.63) is 23.4 Å². The first kappa shape index (κ1) is 13.9. The number of nitrogens with zero attached hydrogens (tertiary/aromatic N) is 2. The summed E-state index contributed by atoms with van der Waals surface area (Å²) in [6, 6.07) is 1.82. The molecule has 1 aromatic heterocycles. The van der Waals surface area contributed by atoms with Crippen LogP contribution in [0.25, 0.3) is 0 Å². The number of carbonyl (C=O) groups excluding carboxylic acids is 2. The number of Topliss-reactive ketones (excluding diaryl/α,β-unsaturated/α-hetero) is 1. The van der Waals surface area contributed by atoms with Crippen LogP contribution in [0.2, 0.25) is 0 Å². The van der Waals surface area contributed by atoms with E-state index >= 15 is 0 Å². The topological polar surface area (TPSA) is 83.5 Å². The Morgan fingerprint density at radius 3 is 3.05 bits per heavy atom. The standard InChI is InChI=1S/C15H18N4O2/c1-16-15(21)12(10-2-4-17-7-10)13(20)11-6-9-3-5-18-14(9)19-8-11/h5-6,8,10,12,17H,2-4,7H2,1H3,(H,16,21). The summed E-state index contributed by atoms with van der Waals surface area (Å²) in [7, 11) is 1.57. The van der Waals surface area contributed by atoms with Gasteiger partial charge in [-0.05, 0) is 31.5 Å². The van der Waals surface area contributed by atoms with E-state index in [1.165, 1.54) is 6.20 Å². The molecule has 1 amide bonds. The first-order valence-corrected chi connectivity index (χ1v) is 7.18. The second-order valence-corrected chi connectivity index (χ2v) is 5.43. The third-order valence-electron chi connectivity index (χ3n) is 4.13. The molecule has 2 N–H and O–H groups in total. The van der Waals surface area contributed by atoms with Crippen LogP contribution < -0.4 is 10.6 Å². The normalized spacial score (nSPS) is 21.1. The van der Waals surface area contributed by atoms with E-state index in [-0.39, 0.29) is 17.6 Å². The molecule has 2 atom stereocenters. The quantitative estimate of drug-likeness (QED) is 0.623. The molecule has 0 bridgehead atoms. The molecule has 21 heavy (non-hydrogen) atoms. The van der Waals surface area contributed by atoms with Gasteiger partial charge in [0.1, 0.15) is 5.92 Å². The number of amides is 1. The molecule has 1 aromatic rings. The molecule has 0 aliphatic carbocycles. The number of fused-ring (bicyclic) bond motifs is 1. The van der Waals surface area contributed by atoms with Gasteiger partial charge in [-0.15, -0.1) is 0 Å². The van der Waals surface area contributed by atoms with Crippen LogP contribution in [0.3, 0.4) is 0 Å². The summed E-state index contributed by atoms with van der Waals surface area (Å²) in [6.45, 7) is 1.55. The molecule has 2 unspecified atom stereocenters. The van der Waals surface area contributed by atoms with Crippen molar-refractivity contribution in [2.24, 2.45) is 16.8 Å². The largest absolute Gasteiger partial charge is 0.359 e. The molecule has 0 radical (unpaired) electrons. The first-order chi connectivity index (χ1) is 10.2. The highest BCUT2D eigenvalue weighted by molar-refractivity contribution is 6.10. The van der Waals surface area contributed by atoms with Gasteiger partial charge in [-0.1, -0.05) is 0 Å². The van der Waals surface area contributed by atoms with Crippen LogP contribution >= 0.6 is 0 Å². The van der Waals surface area contributed by atoms with E-state index < -0.39 is 5.92 Å². The van der Waals surface area contributed by atoms with Gasteiger partial charge < -0.3 is 10.6 Å². The van der Waals surface area contributed by atoms with Crippen LogP contribution in [0.15, 0.2) is 17.3 Å². The number of aromatic nitrogens is 1. The van der Waals surface area contributed by atoms with Gasteiger partial charge in [0, 0.05) is 37.0 Å². The van der Waals surface area contributed by atoms with Gasteiger partial charge >= 0.3 is 0 Å². The molecule has 1 fully saturated rings. The predicted octanol–water partition coefficient (Wildman–Crippen LogP) is 0.494. The van der Waals surface area contributed by atoms with Crippen LogP contribution in [0.1, 0.15) is 22.3 Å². The smallest absolute Gasteiger partial charge is 0.231 e. The molecule has 3 heterocycles. The van der Waals surface area contributed by atoms with Gasteiger partial charge in [0.05, 0.1) is 0 Å². The van der Waals surface area contributed by atoms with Crippen molar-refractivity contribution in [1.29, 1.82) is 0 Å². The van der Waals surface area contributed by atoms with Crippen LogP contribution in [-0.4, -0.2) is 43.0 Å². The van der Waals surface area contributed by atoms with E-state index in [2.05, 4.69) is 20.6 Å². The second-order valence-electron chi connectivity index (χ2n) is 5.43. The Morgan fingerprint density at radius 2 is 2.33 bits per heavy atom. The Morgan fingerprint density at radius 1 is 1.48 bits per heavy atom. The van der Waals surface area contributed by atoms with Crippen molar-refractivity contribution in [2.75, 3.05) is 20.1 Å². The average molecular weight is 286 g/mol. The third kappa shape index (κ3) is 2.58. The summed E-state index contributed by atoms with van der Waals surface area (Å²) in [4.78, 5) is 33.3. The van der Waals surface area contributed by atoms with Gasteiger partial charge in [-0.25, -0.2) is 9.98 Å². The Balaban J connectivity index is 1.88. The van der Waals surface area contributed by atoms with Crippen LogP contribution in [-0.2, 0) is 11.2 Å². The van der Waals surface area contributed by atoms with Gasteiger partial charge in [0.2, 0.25) is 5.91 Å². The predicted molar refractivity (Wildman–Crippen MR) is 79.0 cm³/mol. The molecule has 2 aliphatic rings. The summed E-state index contributed by atoms with van der Waals surface area (Å²) in [5.41, 5.74) is 1.45. The maximum atomic E-state index is 12.8. The molecule has 6 nitrogen and oxygen atoms in total. The second kappa shape index (κ2) is 5.73. The molecular formula is C15H18N4O2. The highest BCUT2D eigenvalue weighted by Gasteiger charge is 2.36. The first-order valence-electron chi connectivity index (χ1n) is 7.18. The molecule has 3 rings (SSSR count). The Bertz CT molecular complexity index is 606. The van der Waals surface area contributed by atoms with E-state index in [4.69, 9.17) is 0 Å². The SMILES string of the molecule is CNC(=O)C(C(=O)c1cnc2c(c1)CC=N2)C1CCNC1. The van der Waals surface area contributed by atoms with Gasteiger partial charge in [0.15, 0.2) is 11.6 Å². The molecule has 1 saturated heterocycles. The summed E-state index contributed by atoms with van der Waals surface area (Å²) in [5.74, 6) is -0.296. The summed E-state index contributed by atoms with van der Waals surface area (Å²) in [5, 5.41) is 5.82. The lowest BCUT2D eigenvalue weighted by Gasteiger charge is -2.20. The fourth-order valence-corrected chi connectivity index (χ4v) is 2.98. The molecule has 0 aromatic carbocycles. The molecule has 0 saturated carbocycles. The third-order valence-corrected chi connectivity index (χ3v) is 4.13. The Labute approximate surface area is 123 Å². The van der Waals surface area contributed by atoms with E-state index in [1.807, 2.05) is 6.07 Å². The van der Waals surface area contributed by atoms with Crippen molar-refractivity contribution < 1.29 is 9.59 Å². The lowest BCUT2D eigenvalue weighted by Crippen LogP contribution is -2.39. The minimum atomic E-state index is -0.646. The summed E-state index contributed by atoms with van der Waals surface area (Å²) >= 11 is 0. The summed E-state index contributed by atoms with van der Waals surface area (Å²) < 4.78 is 0. The van der Waals surface area contributed by atoms with Gasteiger partial charge in [-0.2, -0.15) is 0 Å². The highest BCUT2D eigenvalue weighted by Crippen LogP contribution is 2.27. The zero-order valence-electron chi connectivity index (χ0n) is 11.9. The molecule has 0 spiro atoms. The highest BCUT2D eigenvalue weighted by atomic mass is 16.2. The lowest BCUT2D eigenvalue weighted by molar-refractivity contribution is -0.124. The number of ketones is 1. The fraction of sp³-hybridized carbons (Fsp3) is 0.467. The maximum Gasteiger partial charge on any atom is 0.231 e. The van der Waals surface area contributed by atoms with Crippen molar-refractivity contribution in [2.45, 2.75) is 12.8 Å². The minimum Gasteiger partial charge on any atom is -0.359 e. The van der Waals surface area contributed by atoms with Crippen molar-refractivity contribution in [3.63, 3.8) is 0 Å². The lowest BCUT2D eigenvalue weighted by atomic mass is 9.84. The van der Waals surface area contributed by atoms with E-state index in [0.29, 0.717) is 24.3 Å².